The van der Waals surface area contributed by atoms with Crippen molar-refractivity contribution in [2.75, 3.05) is 38.9 Å². The number of halogens is 1. The number of nitrogens with zero attached hydrogens (tertiary/aromatic N) is 2. The predicted octanol–water partition coefficient (Wildman–Crippen LogP) is 3.68. The number of methoxy groups -OCH3 is 2. The zero-order valence-electron chi connectivity index (χ0n) is 29.1. The van der Waals surface area contributed by atoms with Gasteiger partial charge in [0.15, 0.2) is 0 Å². The summed E-state index contributed by atoms with van der Waals surface area (Å²) in [5, 5.41) is 13.7. The first kappa shape index (κ1) is 36.7. The molecule has 51 heavy (non-hydrogen) atoms. The minimum Gasteiger partial charge on any atom is -0.497 e. The Hall–Kier alpha value is -4.04. The summed E-state index contributed by atoms with van der Waals surface area (Å²) < 4.78 is 24.3. The van der Waals surface area contributed by atoms with Gasteiger partial charge in [0, 0.05) is 30.2 Å². The number of esters is 1. The molecule has 1 spiro atoms. The first-order chi connectivity index (χ1) is 24.6. The van der Waals surface area contributed by atoms with Crippen molar-refractivity contribution in [3.05, 3.63) is 82.9 Å². The number of benzene rings is 2. The van der Waals surface area contributed by atoms with Crippen molar-refractivity contribution in [3.8, 4) is 5.75 Å². The molecule has 0 saturated carbocycles. The number of hydrogen-bond donors (Lipinski definition) is 2. The lowest BCUT2D eigenvalue weighted by molar-refractivity contribution is -0.162. The van der Waals surface area contributed by atoms with Crippen LogP contribution >= 0.6 is 15.9 Å². The van der Waals surface area contributed by atoms with Crippen LogP contribution in [0, 0.1) is 17.8 Å². The third-order valence-electron chi connectivity index (χ3n) is 10.3. The van der Waals surface area contributed by atoms with E-state index in [1.807, 2.05) is 32.1 Å². The quantitative estimate of drug-likeness (QED) is 0.304. The number of hydrogen-bond acceptors (Lipinski definition) is 9. The maximum absolute atomic E-state index is 15.1. The SMILES string of the molecule is COC[C@H]1NC(=O)CC/C=C\CN(c2ccc(OC)cc2)C(=O)[C@@H]2N([C@@H](CO)C(C)C)C(=O)[C@H]3[C@H](C(=O)O[C@@H]1c1ccccc1)[C@H]1O[C@@]23C=C1Br. The van der Waals surface area contributed by atoms with Crippen LogP contribution in [0.2, 0.25) is 0 Å². The molecule has 13 heteroatoms. The summed E-state index contributed by atoms with van der Waals surface area (Å²) in [6.07, 6.45) is 4.01. The zero-order valence-corrected chi connectivity index (χ0v) is 30.7. The van der Waals surface area contributed by atoms with Crippen molar-refractivity contribution >= 4 is 45.3 Å². The summed E-state index contributed by atoms with van der Waals surface area (Å²) in [5.41, 5.74) is -0.380. The van der Waals surface area contributed by atoms with Crippen LogP contribution in [0.4, 0.5) is 5.69 Å². The van der Waals surface area contributed by atoms with E-state index in [4.69, 9.17) is 18.9 Å². The minimum atomic E-state index is -1.55. The maximum atomic E-state index is 15.1. The third kappa shape index (κ3) is 6.72. The van der Waals surface area contributed by atoms with E-state index < -0.39 is 72.2 Å². The van der Waals surface area contributed by atoms with Gasteiger partial charge < -0.3 is 39.2 Å². The molecule has 4 aliphatic heterocycles. The molecule has 3 amide bonds. The van der Waals surface area contributed by atoms with Crippen LogP contribution in [0.5, 0.6) is 5.75 Å². The van der Waals surface area contributed by atoms with Crippen LogP contribution < -0.4 is 15.0 Å². The highest BCUT2D eigenvalue weighted by molar-refractivity contribution is 9.11. The van der Waals surface area contributed by atoms with Gasteiger partial charge in [-0.05, 0) is 48.2 Å². The van der Waals surface area contributed by atoms with Gasteiger partial charge in [-0.2, -0.15) is 0 Å². The molecule has 5 bridgehead atoms. The molecule has 0 unspecified atom stereocenters. The first-order valence-electron chi connectivity index (χ1n) is 17.2. The van der Waals surface area contributed by atoms with Gasteiger partial charge in [-0.25, -0.2) is 0 Å². The van der Waals surface area contributed by atoms with E-state index in [2.05, 4.69) is 21.2 Å². The number of amides is 3. The molecule has 6 rings (SSSR count). The Kier molecular flexibility index (Phi) is 11.0. The average molecular weight is 767 g/mol. The minimum absolute atomic E-state index is 0.0443. The lowest BCUT2D eigenvalue weighted by atomic mass is 9.74. The van der Waals surface area contributed by atoms with Crippen LogP contribution in [-0.4, -0.2) is 97.5 Å². The fraction of sp³-hybridized carbons (Fsp3) is 0.474. The largest absolute Gasteiger partial charge is 0.497 e. The number of aliphatic hydroxyl groups excluding tert-OH is 1. The number of fused-ring (bicyclic) bond motifs is 2. The monoisotopic (exact) mass is 765 g/mol. The van der Waals surface area contributed by atoms with Gasteiger partial charge in [-0.3, -0.25) is 19.2 Å². The van der Waals surface area contributed by atoms with Crippen LogP contribution in [0.1, 0.15) is 38.4 Å². The molecule has 0 aromatic heterocycles. The number of cyclic esters (lactones) is 1. The average Bonchev–Trinajstić information content (AvgIpc) is 3.72. The molecule has 272 valence electrons. The van der Waals surface area contributed by atoms with Crippen molar-refractivity contribution in [2.24, 2.45) is 17.8 Å². The summed E-state index contributed by atoms with van der Waals surface area (Å²) in [4.78, 5) is 60.8. The van der Waals surface area contributed by atoms with E-state index in [0.29, 0.717) is 27.9 Å². The molecule has 12 nitrogen and oxygen atoms in total. The summed E-state index contributed by atoms with van der Waals surface area (Å²) >= 11 is 3.60. The van der Waals surface area contributed by atoms with E-state index in [1.165, 1.54) is 12.0 Å². The van der Waals surface area contributed by atoms with Gasteiger partial charge in [0.05, 0.1) is 38.3 Å². The number of nitrogens with one attached hydrogen (secondary N) is 1. The second-order valence-corrected chi connectivity index (χ2v) is 14.5. The molecule has 2 saturated heterocycles. The molecule has 4 aliphatic rings. The molecule has 0 radical (unpaired) electrons. The molecule has 2 aromatic rings. The number of rotatable bonds is 8. The smallest absolute Gasteiger partial charge is 0.313 e. The van der Waals surface area contributed by atoms with E-state index >= 15 is 4.79 Å². The number of allylic oxidation sites excluding steroid dienone is 1. The van der Waals surface area contributed by atoms with Crippen LogP contribution in [0.3, 0.4) is 0 Å². The van der Waals surface area contributed by atoms with Crippen molar-refractivity contribution < 1.29 is 43.2 Å². The predicted molar refractivity (Wildman–Crippen MR) is 191 cm³/mol. The Morgan fingerprint density at radius 2 is 1.73 bits per heavy atom. The molecule has 2 fully saturated rings. The summed E-state index contributed by atoms with van der Waals surface area (Å²) in [6.45, 7) is 3.49. The Morgan fingerprint density at radius 3 is 2.37 bits per heavy atom. The highest BCUT2D eigenvalue weighted by atomic mass is 79.9. The standard InChI is InChI=1S/C38H44BrN3O9/c1-22(2)28(20-43)42-34-36(46)41(24-14-16-25(49-4)17-15-24)18-10-6-9-13-29(44)40-27(21-48-3)32(23-11-7-5-8-12-23)50-37(47)30-31(35(42)45)38(34)19-26(39)33(30)51-38/h5-8,10-12,14-17,19,22,27-28,30-34,43H,9,13,18,20-21H2,1-4H3,(H,40,44)/b10-6-/t27-,28+,30+,31-,32-,33+,34+,38-/m1/s1. The Balaban J connectivity index is 1.51. The second kappa shape index (κ2) is 15.3. The molecular weight excluding hydrogens is 722 g/mol. The van der Waals surface area contributed by atoms with Crippen LogP contribution in [-0.2, 0) is 33.4 Å². The topological polar surface area (TPSA) is 144 Å². The van der Waals surface area contributed by atoms with Gasteiger partial charge >= 0.3 is 5.97 Å². The number of carbonyl (C=O) groups excluding carboxylic acids is 4. The second-order valence-electron chi connectivity index (χ2n) is 13.6. The molecular formula is C38H44BrN3O9. The van der Waals surface area contributed by atoms with E-state index in [9.17, 15) is 19.5 Å². The highest BCUT2D eigenvalue weighted by Gasteiger charge is 2.75. The van der Waals surface area contributed by atoms with Crippen molar-refractivity contribution in [3.63, 3.8) is 0 Å². The molecule has 0 aliphatic carbocycles. The normalized spacial score (nSPS) is 30.9. The van der Waals surface area contributed by atoms with Gasteiger partial charge in [-0.15, -0.1) is 0 Å². The fourth-order valence-electron chi connectivity index (χ4n) is 7.82. The van der Waals surface area contributed by atoms with Crippen molar-refractivity contribution in [2.45, 2.75) is 62.6 Å². The number of anilines is 1. The number of carbonyl (C=O) groups is 4. The Bertz CT molecular complexity index is 1680. The molecule has 2 N–H and O–H groups in total. The van der Waals surface area contributed by atoms with Gasteiger partial charge in [-0.1, -0.05) is 72.3 Å². The van der Waals surface area contributed by atoms with Gasteiger partial charge in [0.2, 0.25) is 11.8 Å². The molecule has 4 heterocycles. The lowest BCUT2D eigenvalue weighted by Gasteiger charge is -2.40. The Morgan fingerprint density at radius 1 is 1.00 bits per heavy atom. The highest BCUT2D eigenvalue weighted by Crippen LogP contribution is 2.59. The number of ether oxygens (including phenoxy) is 4. The Labute approximate surface area is 305 Å². The third-order valence-corrected chi connectivity index (χ3v) is 10.9. The maximum Gasteiger partial charge on any atom is 0.313 e. The van der Waals surface area contributed by atoms with Crippen molar-refractivity contribution in [1.29, 1.82) is 0 Å². The van der Waals surface area contributed by atoms with Crippen LogP contribution in [0.25, 0.3) is 0 Å². The van der Waals surface area contributed by atoms with E-state index in [0.717, 1.165) is 0 Å². The zero-order chi connectivity index (χ0) is 36.4. The van der Waals surface area contributed by atoms with Crippen LogP contribution in [0.15, 0.2) is 77.3 Å². The number of likely N-dealkylation sites (tertiary alicyclic amines) is 1. The van der Waals surface area contributed by atoms with Gasteiger partial charge in [0.1, 0.15) is 35.5 Å². The molecule has 8 atom stereocenters. The first-order valence-corrected chi connectivity index (χ1v) is 18.0. The fourth-order valence-corrected chi connectivity index (χ4v) is 8.56. The number of aliphatic hydroxyl groups is 1. The summed E-state index contributed by atoms with van der Waals surface area (Å²) in [7, 11) is 3.05. The summed E-state index contributed by atoms with van der Waals surface area (Å²) in [6, 6.07) is 13.3. The molecule has 2 aromatic carbocycles. The van der Waals surface area contributed by atoms with Crippen molar-refractivity contribution in [1.82, 2.24) is 10.2 Å². The van der Waals surface area contributed by atoms with Gasteiger partial charge in [0.25, 0.3) is 5.91 Å². The lowest BCUT2D eigenvalue weighted by Crippen LogP contribution is -2.59. The van der Waals surface area contributed by atoms with E-state index in [-0.39, 0.29) is 31.4 Å². The summed E-state index contributed by atoms with van der Waals surface area (Å²) in [5.74, 6) is -3.83. The van der Waals surface area contributed by atoms with E-state index in [1.54, 1.807) is 66.6 Å².